The van der Waals surface area contributed by atoms with E-state index in [9.17, 15) is 39.9 Å². The molecule has 0 amide bonds. The largest absolute Gasteiger partial charge is 0.508 e. The number of ether oxygens (including phenoxy) is 1. The van der Waals surface area contributed by atoms with E-state index in [1.54, 1.807) is 0 Å². The molecule has 0 unspecified atom stereocenters. The molecule has 1 fully saturated rings. The van der Waals surface area contributed by atoms with Crippen molar-refractivity contribution in [2.75, 3.05) is 7.11 Å². The minimum atomic E-state index is -1.47. The van der Waals surface area contributed by atoms with E-state index in [-0.39, 0.29) is 74.3 Å². The first-order valence-corrected chi connectivity index (χ1v) is 14.7. The molecule has 0 bridgehead atoms. The van der Waals surface area contributed by atoms with E-state index in [0.29, 0.717) is 5.56 Å². The summed E-state index contributed by atoms with van der Waals surface area (Å²) in [6, 6.07) is 2.81. The fourth-order valence-electron chi connectivity index (χ4n) is 6.61. The van der Waals surface area contributed by atoms with Crippen LogP contribution in [-0.2, 0) is 12.8 Å². The number of carbonyl (C=O) groups is 3. The molecule has 3 aromatic rings. The molecule has 0 aliphatic heterocycles. The molecule has 13 heteroatoms. The average Bonchev–Trinajstić information content (AvgIpc) is 3.50. The number of nitrogens with one attached hydrogen (secondary N) is 2. The van der Waals surface area contributed by atoms with Gasteiger partial charge in [0.25, 0.3) is 0 Å². The first kappa shape index (κ1) is 29.9. The molecule has 45 heavy (non-hydrogen) atoms. The van der Waals surface area contributed by atoms with Crippen LogP contribution in [0, 0.1) is 6.92 Å². The number of aromatic carboxylic acids is 1. The van der Waals surface area contributed by atoms with Gasteiger partial charge < -0.3 is 35.6 Å². The lowest BCUT2D eigenvalue weighted by Gasteiger charge is -2.30. The second-order valence-electron chi connectivity index (χ2n) is 11.3. The number of hydrogen-bond donors (Lipinski definition) is 7. The van der Waals surface area contributed by atoms with Gasteiger partial charge in [0.05, 0.1) is 30.0 Å². The van der Waals surface area contributed by atoms with Crippen LogP contribution in [0.3, 0.4) is 0 Å². The van der Waals surface area contributed by atoms with Gasteiger partial charge in [-0.3, -0.25) is 15.0 Å². The van der Waals surface area contributed by atoms with E-state index in [0.717, 1.165) is 31.7 Å². The minimum Gasteiger partial charge on any atom is -0.508 e. The van der Waals surface area contributed by atoms with E-state index in [1.807, 2.05) is 0 Å². The summed E-state index contributed by atoms with van der Waals surface area (Å²) in [4.78, 5) is 39.9. The maximum Gasteiger partial charge on any atom is 0.340 e. The molecule has 3 aliphatic carbocycles. The summed E-state index contributed by atoms with van der Waals surface area (Å²) in [6.45, 7) is 1.39. The third kappa shape index (κ3) is 4.62. The van der Waals surface area contributed by atoms with Crippen LogP contribution in [0.25, 0.3) is 11.1 Å². The van der Waals surface area contributed by atoms with Gasteiger partial charge in [-0.15, -0.1) is 0 Å². The Balaban J connectivity index is 1.49. The summed E-state index contributed by atoms with van der Waals surface area (Å²) < 4.78 is 5.61. The Kier molecular flexibility index (Phi) is 7.36. The summed E-state index contributed by atoms with van der Waals surface area (Å²) in [6.07, 6.45) is 5.87. The quantitative estimate of drug-likeness (QED) is 0.0957. The van der Waals surface area contributed by atoms with Crippen molar-refractivity contribution in [2.24, 2.45) is 5.10 Å². The van der Waals surface area contributed by atoms with Crippen LogP contribution in [0.5, 0.6) is 28.7 Å². The van der Waals surface area contributed by atoms with Crippen molar-refractivity contribution in [1.82, 2.24) is 10.7 Å². The third-order valence-electron chi connectivity index (χ3n) is 8.76. The SMILES string of the molecule is COc1c2c(c(O)c3c1C(=O)c1c(cc(O)c(C)c1O)C3=O)-c1c(cc(/C=N/NC(=S)NC3CCCC3)c(C(=O)O)c1O)CC2. The van der Waals surface area contributed by atoms with Gasteiger partial charge in [0.1, 0.15) is 34.3 Å². The zero-order chi connectivity index (χ0) is 32.3. The van der Waals surface area contributed by atoms with Gasteiger partial charge in [0.2, 0.25) is 5.78 Å². The highest BCUT2D eigenvalue weighted by Gasteiger charge is 2.42. The summed E-state index contributed by atoms with van der Waals surface area (Å²) >= 11 is 5.29. The fraction of sp³-hybridized carbons (Fsp3) is 0.281. The molecule has 0 heterocycles. The number of phenolic OH excluding ortho intramolecular Hbond substituents is 3. The van der Waals surface area contributed by atoms with E-state index in [2.05, 4.69) is 15.8 Å². The van der Waals surface area contributed by atoms with Crippen LogP contribution in [0.4, 0.5) is 0 Å². The number of hydrogen-bond acceptors (Lipinski definition) is 10. The number of nitrogens with zero attached hydrogens (tertiary/aromatic N) is 1. The Bertz CT molecular complexity index is 1890. The molecule has 232 valence electrons. The number of hydrazone groups is 1. The van der Waals surface area contributed by atoms with Gasteiger partial charge in [-0.2, -0.15) is 5.10 Å². The number of aromatic hydroxyl groups is 4. The Labute approximate surface area is 262 Å². The predicted molar refractivity (Wildman–Crippen MR) is 166 cm³/mol. The zero-order valence-corrected chi connectivity index (χ0v) is 25.1. The van der Waals surface area contributed by atoms with Crippen molar-refractivity contribution in [3.05, 3.63) is 62.2 Å². The van der Waals surface area contributed by atoms with Gasteiger partial charge in [0, 0.05) is 39.4 Å². The predicted octanol–water partition coefficient (Wildman–Crippen LogP) is 3.81. The van der Waals surface area contributed by atoms with Crippen molar-refractivity contribution in [2.45, 2.75) is 51.5 Å². The summed E-state index contributed by atoms with van der Waals surface area (Å²) in [7, 11) is 1.28. The number of thiocarbonyl (C=S) groups is 1. The van der Waals surface area contributed by atoms with Crippen molar-refractivity contribution in [1.29, 1.82) is 0 Å². The molecular formula is C32H29N3O9S. The topological polar surface area (TPSA) is 198 Å². The Morgan fingerprint density at radius 3 is 2.33 bits per heavy atom. The second-order valence-corrected chi connectivity index (χ2v) is 11.7. The molecule has 0 saturated heterocycles. The Hall–Kier alpha value is -5.17. The zero-order valence-electron chi connectivity index (χ0n) is 24.3. The number of aryl methyl sites for hydroxylation is 1. The molecule has 0 radical (unpaired) electrons. The highest BCUT2D eigenvalue weighted by molar-refractivity contribution is 7.80. The van der Waals surface area contributed by atoms with Crippen molar-refractivity contribution in [3.63, 3.8) is 0 Å². The summed E-state index contributed by atoms with van der Waals surface area (Å²) in [5.41, 5.74) is 1.52. The summed E-state index contributed by atoms with van der Waals surface area (Å²) in [5, 5.41) is 61.6. The molecule has 3 aliphatic rings. The number of carbonyl (C=O) groups excluding carboxylic acids is 2. The molecule has 7 N–H and O–H groups in total. The monoisotopic (exact) mass is 631 g/mol. The highest BCUT2D eigenvalue weighted by Crippen LogP contribution is 2.54. The first-order chi connectivity index (χ1) is 21.5. The Morgan fingerprint density at radius 1 is 0.956 bits per heavy atom. The number of benzene rings is 3. The number of phenols is 4. The van der Waals surface area contributed by atoms with Crippen molar-refractivity contribution >= 4 is 41.1 Å². The van der Waals surface area contributed by atoms with Gasteiger partial charge in [-0.25, -0.2) is 4.79 Å². The van der Waals surface area contributed by atoms with Crippen LogP contribution in [0.1, 0.15) is 90.1 Å². The maximum atomic E-state index is 13.8. The number of carboxylic acids is 1. The van der Waals surface area contributed by atoms with Gasteiger partial charge in [-0.05, 0) is 62.5 Å². The van der Waals surface area contributed by atoms with Crippen molar-refractivity contribution < 1.29 is 44.7 Å². The number of carboxylic acid groups (broad SMARTS) is 1. The maximum absolute atomic E-state index is 13.8. The Morgan fingerprint density at radius 2 is 1.67 bits per heavy atom. The smallest absolute Gasteiger partial charge is 0.340 e. The second kappa shape index (κ2) is 11.1. The number of ketones is 2. The molecule has 0 aromatic heterocycles. The van der Waals surface area contributed by atoms with Gasteiger partial charge >= 0.3 is 5.97 Å². The fourth-order valence-corrected chi connectivity index (χ4v) is 6.83. The molecule has 0 atom stereocenters. The minimum absolute atomic E-state index is 0.000918. The normalized spacial score (nSPS) is 15.3. The van der Waals surface area contributed by atoms with Crippen LogP contribution in [0.15, 0.2) is 17.2 Å². The van der Waals surface area contributed by atoms with Crippen LogP contribution in [0.2, 0.25) is 0 Å². The molecule has 3 aromatic carbocycles. The lowest BCUT2D eigenvalue weighted by atomic mass is 9.74. The molecule has 1 saturated carbocycles. The van der Waals surface area contributed by atoms with Gasteiger partial charge in [-0.1, -0.05) is 12.8 Å². The summed E-state index contributed by atoms with van der Waals surface area (Å²) in [5.74, 6) is -5.51. The number of methoxy groups -OCH3 is 1. The third-order valence-corrected chi connectivity index (χ3v) is 8.97. The number of rotatable bonds is 5. The lowest BCUT2D eigenvalue weighted by molar-refractivity contribution is 0.0693. The van der Waals surface area contributed by atoms with Gasteiger partial charge in [0.15, 0.2) is 10.9 Å². The van der Waals surface area contributed by atoms with Crippen LogP contribution in [-0.4, -0.2) is 67.5 Å². The highest BCUT2D eigenvalue weighted by atomic mass is 32.1. The first-order valence-electron chi connectivity index (χ1n) is 14.3. The average molecular weight is 632 g/mol. The molecular weight excluding hydrogens is 602 g/mol. The van der Waals surface area contributed by atoms with E-state index < -0.39 is 51.7 Å². The van der Waals surface area contributed by atoms with Crippen LogP contribution >= 0.6 is 12.2 Å². The van der Waals surface area contributed by atoms with Crippen molar-refractivity contribution in [3.8, 4) is 39.9 Å². The van der Waals surface area contributed by atoms with Crippen LogP contribution < -0.4 is 15.5 Å². The standard InChI is InChI=1S/C32H29N3O9S/c1-12-18(36)10-17-22(25(12)37)29(41)24-23(26(17)38)28(40)21-16(30(24)44-2)8-7-13-9-14(20(31(42)43)27(39)19(13)21)11-33-35-32(45)34-15-5-3-4-6-15/h9-11,15,36-37,39-40H,3-8H2,1-2H3,(H,42,43)(H2,34,35,45)/b33-11+. The van der Waals surface area contributed by atoms with E-state index in [1.165, 1.54) is 26.3 Å². The molecule has 12 nitrogen and oxygen atoms in total. The van der Waals surface area contributed by atoms with E-state index in [4.69, 9.17) is 17.0 Å². The number of fused-ring (bicyclic) bond motifs is 5. The molecule has 6 rings (SSSR count). The lowest BCUT2D eigenvalue weighted by Crippen LogP contribution is -2.38. The van der Waals surface area contributed by atoms with E-state index >= 15 is 0 Å². The molecule has 0 spiro atoms.